The number of nitrogens with one attached hydrogen (secondary N) is 1. The van der Waals surface area contributed by atoms with Gasteiger partial charge in [-0.3, -0.25) is 9.10 Å². The van der Waals surface area contributed by atoms with Crippen LogP contribution in [0.2, 0.25) is 0 Å². The fourth-order valence-electron chi connectivity index (χ4n) is 2.48. The third-order valence-corrected chi connectivity index (χ3v) is 5.54. The van der Waals surface area contributed by atoms with Gasteiger partial charge in [-0.15, -0.1) is 0 Å². The van der Waals surface area contributed by atoms with Crippen molar-refractivity contribution in [1.29, 1.82) is 0 Å². The first-order valence-corrected chi connectivity index (χ1v) is 10.6. The van der Waals surface area contributed by atoms with Gasteiger partial charge in [0.05, 0.1) is 11.9 Å². The second-order valence-corrected chi connectivity index (χ2v) is 8.56. The highest BCUT2D eigenvalue weighted by Crippen LogP contribution is 2.21. The molecule has 146 valence electrons. The van der Waals surface area contributed by atoms with Crippen molar-refractivity contribution in [2.75, 3.05) is 24.2 Å². The van der Waals surface area contributed by atoms with E-state index in [4.69, 9.17) is 4.74 Å². The monoisotopic (exact) mass is 390 g/mol. The zero-order valence-corrected chi connectivity index (χ0v) is 16.9. The van der Waals surface area contributed by atoms with E-state index >= 15 is 0 Å². The minimum absolute atomic E-state index is 0.199. The van der Waals surface area contributed by atoms with Gasteiger partial charge in [-0.1, -0.05) is 37.3 Å². The van der Waals surface area contributed by atoms with Crippen LogP contribution in [-0.4, -0.2) is 40.3 Å². The van der Waals surface area contributed by atoms with E-state index in [1.54, 1.807) is 31.2 Å². The molecule has 0 aliphatic rings. The van der Waals surface area contributed by atoms with Crippen LogP contribution in [0.25, 0.3) is 0 Å². The predicted octanol–water partition coefficient (Wildman–Crippen LogP) is 2.77. The van der Waals surface area contributed by atoms with Crippen molar-refractivity contribution in [1.82, 2.24) is 5.32 Å². The molecule has 27 heavy (non-hydrogen) atoms. The smallest absolute Gasteiger partial charge is 0.260 e. The molecule has 2 aromatic rings. The van der Waals surface area contributed by atoms with Crippen molar-refractivity contribution in [3.05, 3.63) is 60.2 Å². The zero-order valence-electron chi connectivity index (χ0n) is 16.0. The molecule has 1 N–H and O–H groups in total. The van der Waals surface area contributed by atoms with Crippen molar-refractivity contribution in [3.63, 3.8) is 0 Å². The number of hydrogen-bond acceptors (Lipinski definition) is 4. The summed E-state index contributed by atoms with van der Waals surface area (Å²) in [5, 5.41) is 2.90. The highest BCUT2D eigenvalue weighted by atomic mass is 32.2. The maximum absolute atomic E-state index is 12.3. The van der Waals surface area contributed by atoms with Crippen molar-refractivity contribution < 1.29 is 17.9 Å². The Kier molecular flexibility index (Phi) is 6.85. The third kappa shape index (κ3) is 5.99. The molecule has 0 fully saturated rings. The molecule has 6 nitrogen and oxygen atoms in total. The predicted molar refractivity (Wildman–Crippen MR) is 108 cm³/mol. The number of nitrogens with zero attached hydrogens (tertiary/aromatic N) is 1. The van der Waals surface area contributed by atoms with E-state index in [1.165, 1.54) is 11.4 Å². The summed E-state index contributed by atoms with van der Waals surface area (Å²) in [6, 6.07) is 16.5. The first kappa shape index (κ1) is 20.8. The zero-order chi connectivity index (χ0) is 20.0. The lowest BCUT2D eigenvalue weighted by molar-refractivity contribution is -0.127. The van der Waals surface area contributed by atoms with Gasteiger partial charge in [-0.25, -0.2) is 8.42 Å². The van der Waals surface area contributed by atoms with Gasteiger partial charge in [-0.2, -0.15) is 0 Å². The lowest BCUT2D eigenvalue weighted by Crippen LogP contribution is -2.38. The van der Waals surface area contributed by atoms with Crippen LogP contribution in [0, 0.1) is 0 Å². The van der Waals surface area contributed by atoms with Crippen molar-refractivity contribution in [3.8, 4) is 5.75 Å². The molecule has 7 heteroatoms. The van der Waals surface area contributed by atoms with Crippen LogP contribution in [0.1, 0.15) is 25.3 Å². The van der Waals surface area contributed by atoms with Gasteiger partial charge in [0.1, 0.15) is 5.75 Å². The van der Waals surface area contributed by atoms with Crippen LogP contribution in [0.3, 0.4) is 0 Å². The van der Waals surface area contributed by atoms with Crippen LogP contribution < -0.4 is 14.4 Å². The van der Waals surface area contributed by atoms with Crippen molar-refractivity contribution in [2.45, 2.75) is 25.9 Å². The Balaban J connectivity index is 1.88. The van der Waals surface area contributed by atoms with E-state index in [0.29, 0.717) is 18.0 Å². The van der Waals surface area contributed by atoms with Crippen LogP contribution in [0.5, 0.6) is 5.75 Å². The van der Waals surface area contributed by atoms with Crippen LogP contribution in [0.15, 0.2) is 54.6 Å². The molecular formula is C20H26N2O4S. The van der Waals surface area contributed by atoms with Gasteiger partial charge in [-0.05, 0) is 42.7 Å². The van der Waals surface area contributed by atoms with E-state index in [9.17, 15) is 13.2 Å². The molecule has 0 aliphatic heterocycles. The van der Waals surface area contributed by atoms with E-state index < -0.39 is 16.1 Å². The summed E-state index contributed by atoms with van der Waals surface area (Å²) < 4.78 is 29.9. The highest BCUT2D eigenvalue weighted by Gasteiger charge is 2.17. The van der Waals surface area contributed by atoms with Crippen LogP contribution in [-0.2, 0) is 14.8 Å². The summed E-state index contributed by atoms with van der Waals surface area (Å²) in [7, 11) is -1.83. The summed E-state index contributed by atoms with van der Waals surface area (Å²) in [4.78, 5) is 12.3. The largest absolute Gasteiger partial charge is 0.481 e. The highest BCUT2D eigenvalue weighted by molar-refractivity contribution is 7.92. The maximum Gasteiger partial charge on any atom is 0.260 e. The average Bonchev–Trinajstić information content (AvgIpc) is 2.65. The summed E-state index contributed by atoms with van der Waals surface area (Å²) in [5.74, 6) is 0.502. The second-order valence-electron chi connectivity index (χ2n) is 6.54. The molecule has 2 atom stereocenters. The van der Waals surface area contributed by atoms with Crippen molar-refractivity contribution in [2.24, 2.45) is 0 Å². The molecule has 2 rings (SSSR count). The molecule has 0 saturated heterocycles. The van der Waals surface area contributed by atoms with Crippen LogP contribution in [0.4, 0.5) is 5.69 Å². The average molecular weight is 391 g/mol. The second kappa shape index (κ2) is 8.90. The Morgan fingerprint density at radius 2 is 1.67 bits per heavy atom. The molecule has 0 unspecified atom stereocenters. The van der Waals surface area contributed by atoms with E-state index in [-0.39, 0.29) is 11.8 Å². The van der Waals surface area contributed by atoms with Gasteiger partial charge in [0, 0.05) is 13.6 Å². The Morgan fingerprint density at radius 1 is 1.07 bits per heavy atom. The molecule has 0 spiro atoms. The quantitative estimate of drug-likeness (QED) is 0.752. The minimum atomic E-state index is -3.32. The van der Waals surface area contributed by atoms with E-state index in [0.717, 1.165) is 11.8 Å². The fraction of sp³-hybridized carbons (Fsp3) is 0.350. The molecular weight excluding hydrogens is 364 g/mol. The molecule has 0 radical (unpaired) electrons. The number of benzene rings is 2. The van der Waals surface area contributed by atoms with E-state index in [2.05, 4.69) is 12.2 Å². The normalized spacial score (nSPS) is 13.5. The first-order valence-electron chi connectivity index (χ1n) is 8.71. The van der Waals surface area contributed by atoms with Gasteiger partial charge in [0.25, 0.3) is 5.91 Å². The van der Waals surface area contributed by atoms with Gasteiger partial charge in [0.15, 0.2) is 6.10 Å². The minimum Gasteiger partial charge on any atom is -0.481 e. The molecule has 0 saturated carbocycles. The number of amides is 1. The molecule has 1 amide bonds. The SMILES string of the molecule is C[C@@H](Oc1ccc(N(C)S(C)(=O)=O)cc1)C(=O)NC[C@H](C)c1ccccc1. The number of carbonyl (C=O) groups is 1. The molecule has 0 bridgehead atoms. The Morgan fingerprint density at radius 3 is 2.22 bits per heavy atom. The number of anilines is 1. The topological polar surface area (TPSA) is 75.7 Å². The number of carbonyl (C=O) groups excluding carboxylic acids is 1. The summed E-state index contributed by atoms with van der Waals surface area (Å²) in [6.45, 7) is 4.26. The lowest BCUT2D eigenvalue weighted by atomic mass is 10.0. The Hall–Kier alpha value is -2.54. The molecule has 2 aromatic carbocycles. The van der Waals surface area contributed by atoms with Gasteiger partial charge < -0.3 is 10.1 Å². The standard InChI is InChI=1S/C20H26N2O4S/c1-15(17-8-6-5-7-9-17)14-21-20(23)16(2)26-19-12-10-18(11-13-19)22(3)27(4,24)25/h5-13,15-16H,14H2,1-4H3,(H,21,23)/t15-,16+/m0/s1. The first-order chi connectivity index (χ1) is 12.7. The number of hydrogen-bond donors (Lipinski definition) is 1. The summed E-state index contributed by atoms with van der Waals surface area (Å²) in [6.07, 6.45) is 0.478. The number of rotatable bonds is 8. The van der Waals surface area contributed by atoms with Crippen LogP contribution >= 0.6 is 0 Å². The third-order valence-electron chi connectivity index (χ3n) is 4.33. The number of sulfonamides is 1. The molecule has 0 heterocycles. The Labute approximate surface area is 161 Å². The maximum atomic E-state index is 12.3. The van der Waals surface area contributed by atoms with E-state index in [1.807, 2.05) is 30.3 Å². The lowest BCUT2D eigenvalue weighted by Gasteiger charge is -2.19. The molecule has 0 aliphatic carbocycles. The summed E-state index contributed by atoms with van der Waals surface area (Å²) >= 11 is 0. The molecule has 0 aromatic heterocycles. The Bertz CT molecular complexity index is 851. The number of ether oxygens (including phenoxy) is 1. The van der Waals surface area contributed by atoms with Gasteiger partial charge >= 0.3 is 0 Å². The van der Waals surface area contributed by atoms with Gasteiger partial charge in [0.2, 0.25) is 10.0 Å². The fourth-order valence-corrected chi connectivity index (χ4v) is 2.99. The van der Waals surface area contributed by atoms with Crippen molar-refractivity contribution >= 4 is 21.6 Å². The summed E-state index contributed by atoms with van der Waals surface area (Å²) in [5.41, 5.74) is 1.69.